The van der Waals surface area contributed by atoms with E-state index in [4.69, 9.17) is 5.50 Å². The third-order valence-corrected chi connectivity index (χ3v) is 7.59. The lowest BCUT2D eigenvalue weighted by Crippen LogP contribution is -2.41. The molecule has 4 heteroatoms. The smallest absolute Gasteiger partial charge is 0.163 e. The van der Waals surface area contributed by atoms with Crippen LogP contribution in [0.25, 0.3) is 0 Å². The Balaban J connectivity index is 1.99. The van der Waals surface area contributed by atoms with Crippen molar-refractivity contribution in [1.82, 2.24) is 9.80 Å². The summed E-state index contributed by atoms with van der Waals surface area (Å²) in [6.07, 6.45) is 5.46. The molecule has 2 N–H and O–H groups in total. The fraction of sp³-hybridized carbons (Fsp3) is 0.222. The molecule has 3 rings (SSSR count). The van der Waals surface area contributed by atoms with E-state index in [9.17, 15) is 0 Å². The van der Waals surface area contributed by atoms with E-state index in [2.05, 4.69) is 84.7 Å². The minimum Gasteiger partial charge on any atom is -0.359 e. The van der Waals surface area contributed by atoms with Gasteiger partial charge in [-0.2, -0.15) is 5.50 Å². The van der Waals surface area contributed by atoms with Crippen molar-refractivity contribution < 1.29 is 0 Å². The summed E-state index contributed by atoms with van der Waals surface area (Å²) in [6, 6.07) is 21.1. The zero-order chi connectivity index (χ0) is 15.6. The number of hydrogen-bond donors (Lipinski definition) is 1. The van der Waals surface area contributed by atoms with Crippen molar-refractivity contribution >= 4 is 18.0 Å². The quantitative estimate of drug-likeness (QED) is 0.881. The molecule has 22 heavy (non-hydrogen) atoms. The molecule has 0 aliphatic carbocycles. The predicted molar refractivity (Wildman–Crippen MR) is 96.3 cm³/mol. The molecule has 1 heterocycles. The lowest BCUT2D eigenvalue weighted by Gasteiger charge is -2.31. The highest BCUT2D eigenvalue weighted by molar-refractivity contribution is 7.87. The number of benzene rings is 2. The molecule has 0 amide bonds. The summed E-state index contributed by atoms with van der Waals surface area (Å²) in [4.78, 5) is 4.55. The minimum absolute atomic E-state index is 0.343. The van der Waals surface area contributed by atoms with Crippen LogP contribution in [0.4, 0.5) is 0 Å². The first-order valence-corrected chi connectivity index (χ1v) is 9.59. The molecule has 114 valence electrons. The van der Waals surface area contributed by atoms with Crippen molar-refractivity contribution in [2.75, 3.05) is 13.3 Å². The maximum Gasteiger partial charge on any atom is 0.163 e. The lowest BCUT2D eigenvalue weighted by atomic mass is 10.4. The van der Waals surface area contributed by atoms with Crippen LogP contribution in [0.1, 0.15) is 6.92 Å². The second-order valence-corrected chi connectivity index (χ2v) is 8.84. The van der Waals surface area contributed by atoms with E-state index in [0.29, 0.717) is 6.17 Å². The second kappa shape index (κ2) is 6.12. The topological polar surface area (TPSA) is 32.5 Å². The first-order chi connectivity index (χ1) is 10.6. The maximum absolute atomic E-state index is 7.05. The van der Waals surface area contributed by atoms with Crippen molar-refractivity contribution in [2.45, 2.75) is 13.1 Å². The van der Waals surface area contributed by atoms with Crippen LogP contribution in [0.3, 0.4) is 0 Å². The molecule has 1 aliphatic rings. The van der Waals surface area contributed by atoms with Gasteiger partial charge >= 0.3 is 0 Å². The molecule has 0 saturated carbocycles. The van der Waals surface area contributed by atoms with E-state index in [1.807, 2.05) is 12.1 Å². The summed E-state index contributed by atoms with van der Waals surface area (Å²) in [7, 11) is 0.161. The Bertz CT molecular complexity index is 602. The van der Waals surface area contributed by atoms with Gasteiger partial charge in [-0.05, 0) is 31.2 Å². The van der Waals surface area contributed by atoms with Crippen molar-refractivity contribution in [3.8, 4) is 0 Å². The molecule has 0 spiro atoms. The summed E-state index contributed by atoms with van der Waals surface area (Å²) in [6.45, 7) is 2.21. The van der Waals surface area contributed by atoms with Crippen LogP contribution in [0.5, 0.6) is 0 Å². The van der Waals surface area contributed by atoms with Gasteiger partial charge in [-0.3, -0.25) is 0 Å². The van der Waals surface area contributed by atoms with E-state index < -0.39 is 7.41 Å². The van der Waals surface area contributed by atoms with Gasteiger partial charge in [0.25, 0.3) is 0 Å². The van der Waals surface area contributed by atoms with Gasteiger partial charge < -0.3 is 9.80 Å². The highest BCUT2D eigenvalue weighted by Crippen LogP contribution is 2.49. The first-order valence-electron chi connectivity index (χ1n) is 7.55. The summed E-state index contributed by atoms with van der Waals surface area (Å²) in [5.74, 6) is 0. The van der Waals surface area contributed by atoms with E-state index in [-0.39, 0.29) is 0 Å². The van der Waals surface area contributed by atoms with Crippen LogP contribution in [-0.2, 0) is 0 Å². The second-order valence-electron chi connectivity index (χ2n) is 5.79. The number of nitrogens with zero attached hydrogens (tertiary/aromatic N) is 2. The van der Waals surface area contributed by atoms with E-state index in [0.717, 1.165) is 6.29 Å². The Hall–Kier alpha value is -1.83. The molecular formula is C18H23N3P+. The standard InChI is InChI=1S/C18H23N3P/c1-16-20(2)13-14-21(16)15-22(19,17-9-5-3-6-10-17)18-11-7-4-8-12-18/h3-14,16H,15,19H2,1-2H3/q+1. The van der Waals surface area contributed by atoms with Crippen molar-refractivity contribution in [3.05, 3.63) is 73.1 Å². The average molecular weight is 312 g/mol. The highest BCUT2D eigenvalue weighted by Gasteiger charge is 2.42. The van der Waals surface area contributed by atoms with Gasteiger partial charge in [0.1, 0.15) is 16.8 Å². The number of rotatable bonds is 4. The van der Waals surface area contributed by atoms with Gasteiger partial charge in [-0.1, -0.05) is 36.4 Å². The molecule has 0 fully saturated rings. The maximum atomic E-state index is 7.05. The van der Waals surface area contributed by atoms with Crippen LogP contribution in [0.2, 0.25) is 0 Å². The van der Waals surface area contributed by atoms with Crippen LogP contribution in [0.15, 0.2) is 73.1 Å². The monoisotopic (exact) mass is 312 g/mol. The molecule has 2 aromatic carbocycles. The summed E-state index contributed by atoms with van der Waals surface area (Å²) >= 11 is 0. The van der Waals surface area contributed by atoms with Gasteiger partial charge in [0.05, 0.1) is 0 Å². The molecule has 1 unspecified atom stereocenters. The zero-order valence-electron chi connectivity index (χ0n) is 13.1. The van der Waals surface area contributed by atoms with Gasteiger partial charge in [0.2, 0.25) is 0 Å². The predicted octanol–water partition coefficient (Wildman–Crippen LogP) is 2.55. The van der Waals surface area contributed by atoms with Gasteiger partial charge in [0.15, 0.2) is 13.7 Å². The van der Waals surface area contributed by atoms with Crippen molar-refractivity contribution in [3.63, 3.8) is 0 Å². The van der Waals surface area contributed by atoms with Crippen LogP contribution in [0, 0.1) is 0 Å². The van der Waals surface area contributed by atoms with Crippen LogP contribution >= 0.6 is 7.41 Å². The van der Waals surface area contributed by atoms with Gasteiger partial charge in [-0.25, -0.2) is 0 Å². The fourth-order valence-corrected chi connectivity index (χ4v) is 5.68. The number of hydrogen-bond acceptors (Lipinski definition) is 3. The Morgan fingerprint density at radius 2 is 1.41 bits per heavy atom. The van der Waals surface area contributed by atoms with E-state index in [1.165, 1.54) is 10.6 Å². The Morgan fingerprint density at radius 1 is 0.909 bits per heavy atom. The van der Waals surface area contributed by atoms with Crippen molar-refractivity contribution in [1.29, 1.82) is 0 Å². The molecule has 0 radical (unpaired) electrons. The first kappa shape index (κ1) is 15.1. The van der Waals surface area contributed by atoms with Crippen LogP contribution < -0.4 is 16.1 Å². The largest absolute Gasteiger partial charge is 0.359 e. The molecular weight excluding hydrogens is 289 g/mol. The number of nitrogens with two attached hydrogens (primary N) is 1. The zero-order valence-corrected chi connectivity index (χ0v) is 14.0. The molecule has 1 aliphatic heterocycles. The SMILES string of the molecule is CC1N(C)C=CN1C[P+](N)(c1ccccc1)c1ccccc1. The molecule has 0 bridgehead atoms. The Labute approximate surface area is 133 Å². The van der Waals surface area contributed by atoms with Gasteiger partial charge in [-0.15, -0.1) is 0 Å². The minimum atomic E-state index is -1.94. The normalized spacial score (nSPS) is 18.0. The Morgan fingerprint density at radius 3 is 1.82 bits per heavy atom. The summed E-state index contributed by atoms with van der Waals surface area (Å²) in [5, 5.41) is 2.49. The molecule has 0 saturated heterocycles. The molecule has 3 nitrogen and oxygen atoms in total. The Kier molecular flexibility index (Phi) is 4.19. The molecule has 1 atom stereocenters. The molecule has 0 aromatic heterocycles. The third kappa shape index (κ3) is 2.75. The summed E-state index contributed by atoms with van der Waals surface area (Å²) in [5.41, 5.74) is 7.05. The van der Waals surface area contributed by atoms with Gasteiger partial charge in [0, 0.05) is 19.4 Å². The lowest BCUT2D eigenvalue weighted by molar-refractivity contribution is 0.218. The fourth-order valence-electron chi connectivity index (χ4n) is 2.80. The van der Waals surface area contributed by atoms with Crippen molar-refractivity contribution in [2.24, 2.45) is 5.50 Å². The third-order valence-electron chi connectivity index (χ3n) is 4.38. The highest BCUT2D eigenvalue weighted by atomic mass is 31.2. The van der Waals surface area contributed by atoms with E-state index in [1.54, 1.807) is 0 Å². The summed E-state index contributed by atoms with van der Waals surface area (Å²) < 4.78 is 0. The van der Waals surface area contributed by atoms with Crippen LogP contribution in [-0.4, -0.2) is 29.3 Å². The average Bonchev–Trinajstić information content (AvgIpc) is 2.88. The van der Waals surface area contributed by atoms with E-state index >= 15 is 0 Å². The molecule has 2 aromatic rings.